The van der Waals surface area contributed by atoms with E-state index < -0.39 is 0 Å². The second-order valence-corrected chi connectivity index (χ2v) is 5.94. The SMILES string of the molecule is CCN(C=NSC)CC(C)CC(C)(C)C. The van der Waals surface area contributed by atoms with Gasteiger partial charge in [0.1, 0.15) is 0 Å². The summed E-state index contributed by atoms with van der Waals surface area (Å²) in [6, 6.07) is 0. The van der Waals surface area contributed by atoms with E-state index in [-0.39, 0.29) is 0 Å². The molecule has 2 nitrogen and oxygen atoms in total. The Balaban J connectivity index is 4.01. The molecular formula is C12H26N2S. The Morgan fingerprint density at radius 3 is 2.40 bits per heavy atom. The van der Waals surface area contributed by atoms with Crippen LogP contribution in [0.5, 0.6) is 0 Å². The van der Waals surface area contributed by atoms with E-state index in [1.54, 1.807) is 0 Å². The molecule has 1 atom stereocenters. The molecule has 3 heteroatoms. The molecule has 1 unspecified atom stereocenters. The molecule has 0 aliphatic rings. The lowest BCUT2D eigenvalue weighted by Crippen LogP contribution is -2.28. The molecule has 15 heavy (non-hydrogen) atoms. The average Bonchev–Trinajstić information content (AvgIpc) is 2.09. The van der Waals surface area contributed by atoms with Crippen molar-refractivity contribution in [2.75, 3.05) is 19.3 Å². The van der Waals surface area contributed by atoms with Gasteiger partial charge in [0.2, 0.25) is 0 Å². The first-order valence-corrected chi connectivity index (χ1v) is 6.88. The molecule has 0 N–H and O–H groups in total. The van der Waals surface area contributed by atoms with E-state index in [9.17, 15) is 0 Å². The van der Waals surface area contributed by atoms with Crippen LogP contribution in [0.2, 0.25) is 0 Å². The standard InChI is InChI=1S/C12H26N2S/c1-7-14(10-13-15-6)9-11(2)8-12(3,4)5/h10-11H,7-9H2,1-6H3. The summed E-state index contributed by atoms with van der Waals surface area (Å²) in [7, 11) is 0. The van der Waals surface area contributed by atoms with Gasteiger partial charge in [0, 0.05) is 19.3 Å². The van der Waals surface area contributed by atoms with Crippen molar-refractivity contribution in [3.05, 3.63) is 0 Å². The van der Waals surface area contributed by atoms with Crippen molar-refractivity contribution in [2.45, 2.75) is 41.0 Å². The normalized spacial score (nSPS) is 14.5. The van der Waals surface area contributed by atoms with Crippen LogP contribution in [0.15, 0.2) is 4.40 Å². The molecule has 0 aliphatic heterocycles. The molecule has 0 aliphatic carbocycles. The van der Waals surface area contributed by atoms with E-state index in [2.05, 4.69) is 43.9 Å². The third-order valence-corrected chi connectivity index (χ3v) is 2.53. The zero-order chi connectivity index (χ0) is 11.9. The van der Waals surface area contributed by atoms with Gasteiger partial charge in [-0.1, -0.05) is 27.7 Å². The second-order valence-electron chi connectivity index (χ2n) is 5.36. The van der Waals surface area contributed by atoms with Crippen LogP contribution < -0.4 is 0 Å². The Bertz CT molecular complexity index is 185. The topological polar surface area (TPSA) is 15.6 Å². The summed E-state index contributed by atoms with van der Waals surface area (Å²) in [5.74, 6) is 0.721. The van der Waals surface area contributed by atoms with Crippen molar-refractivity contribution >= 4 is 18.3 Å². The molecule has 0 saturated heterocycles. The maximum absolute atomic E-state index is 4.21. The first kappa shape index (κ1) is 14.8. The molecule has 0 aromatic heterocycles. The van der Waals surface area contributed by atoms with Gasteiger partial charge in [0.05, 0.1) is 6.34 Å². The van der Waals surface area contributed by atoms with Gasteiger partial charge in [-0.15, -0.1) is 0 Å². The van der Waals surface area contributed by atoms with E-state index in [0.29, 0.717) is 5.41 Å². The van der Waals surface area contributed by atoms with Gasteiger partial charge >= 0.3 is 0 Å². The number of nitrogens with zero attached hydrogens (tertiary/aromatic N) is 2. The number of rotatable bonds is 6. The monoisotopic (exact) mass is 230 g/mol. The lowest BCUT2D eigenvalue weighted by Gasteiger charge is -2.27. The molecule has 0 aromatic rings. The van der Waals surface area contributed by atoms with Crippen LogP contribution in [0.1, 0.15) is 41.0 Å². The summed E-state index contributed by atoms with van der Waals surface area (Å²) in [6.07, 6.45) is 5.21. The number of hydrogen-bond acceptors (Lipinski definition) is 2. The summed E-state index contributed by atoms with van der Waals surface area (Å²) < 4.78 is 4.21. The Labute approximate surface area is 99.7 Å². The van der Waals surface area contributed by atoms with Crippen molar-refractivity contribution < 1.29 is 0 Å². The van der Waals surface area contributed by atoms with Crippen molar-refractivity contribution in [2.24, 2.45) is 15.7 Å². The van der Waals surface area contributed by atoms with E-state index in [1.165, 1.54) is 18.4 Å². The third kappa shape index (κ3) is 8.79. The van der Waals surface area contributed by atoms with E-state index in [4.69, 9.17) is 0 Å². The lowest BCUT2D eigenvalue weighted by molar-refractivity contribution is 0.266. The molecule has 0 aromatic carbocycles. The minimum absolute atomic E-state index is 0.426. The van der Waals surface area contributed by atoms with Crippen molar-refractivity contribution in [1.29, 1.82) is 0 Å². The highest BCUT2D eigenvalue weighted by Gasteiger charge is 2.16. The second kappa shape index (κ2) is 7.15. The summed E-state index contributed by atoms with van der Waals surface area (Å²) in [4.78, 5) is 2.28. The molecule has 0 fully saturated rings. The Morgan fingerprint density at radius 1 is 1.40 bits per heavy atom. The lowest BCUT2D eigenvalue weighted by atomic mass is 9.85. The fourth-order valence-electron chi connectivity index (χ4n) is 1.88. The van der Waals surface area contributed by atoms with Crippen LogP contribution >= 0.6 is 11.9 Å². The van der Waals surface area contributed by atoms with Crippen LogP contribution in [0.25, 0.3) is 0 Å². The van der Waals surface area contributed by atoms with Crippen LogP contribution in [-0.4, -0.2) is 30.6 Å². The van der Waals surface area contributed by atoms with Crippen LogP contribution in [0, 0.1) is 11.3 Å². The molecule has 0 spiro atoms. The Hall–Kier alpha value is -0.180. The van der Waals surface area contributed by atoms with Crippen molar-refractivity contribution in [1.82, 2.24) is 4.90 Å². The highest BCUT2D eigenvalue weighted by atomic mass is 32.2. The van der Waals surface area contributed by atoms with Crippen LogP contribution in [0.3, 0.4) is 0 Å². The highest BCUT2D eigenvalue weighted by molar-refractivity contribution is 7.97. The molecule has 90 valence electrons. The quantitative estimate of drug-likeness (QED) is 0.393. The largest absolute Gasteiger partial charge is 0.362 e. The van der Waals surface area contributed by atoms with Crippen LogP contribution in [-0.2, 0) is 0 Å². The molecule has 0 amide bonds. The van der Waals surface area contributed by atoms with E-state index in [0.717, 1.165) is 19.0 Å². The Kier molecular flexibility index (Phi) is 7.07. The highest BCUT2D eigenvalue weighted by Crippen LogP contribution is 2.24. The summed E-state index contributed by atoms with van der Waals surface area (Å²) in [5, 5.41) is 0. The van der Waals surface area contributed by atoms with E-state index in [1.807, 2.05) is 12.6 Å². The maximum atomic E-state index is 4.21. The van der Waals surface area contributed by atoms with Crippen molar-refractivity contribution in [3.8, 4) is 0 Å². The maximum Gasteiger partial charge on any atom is 0.0989 e. The molecular weight excluding hydrogens is 204 g/mol. The fraction of sp³-hybridized carbons (Fsp3) is 0.917. The predicted molar refractivity (Wildman–Crippen MR) is 72.5 cm³/mol. The fourth-order valence-corrected chi connectivity index (χ4v) is 2.11. The van der Waals surface area contributed by atoms with Gasteiger partial charge in [-0.3, -0.25) is 0 Å². The zero-order valence-corrected chi connectivity index (χ0v) is 11.9. The van der Waals surface area contributed by atoms with E-state index >= 15 is 0 Å². The minimum Gasteiger partial charge on any atom is -0.362 e. The third-order valence-electron chi connectivity index (χ3n) is 2.23. The summed E-state index contributed by atoms with van der Waals surface area (Å²) >= 11 is 1.51. The molecule has 0 radical (unpaired) electrons. The Morgan fingerprint density at radius 2 is 2.00 bits per heavy atom. The van der Waals surface area contributed by atoms with Gasteiger partial charge in [0.15, 0.2) is 0 Å². The zero-order valence-electron chi connectivity index (χ0n) is 11.1. The van der Waals surface area contributed by atoms with Gasteiger partial charge in [0.25, 0.3) is 0 Å². The first-order valence-electron chi connectivity index (χ1n) is 5.69. The molecule has 0 bridgehead atoms. The number of hydrogen-bond donors (Lipinski definition) is 0. The average molecular weight is 230 g/mol. The minimum atomic E-state index is 0.426. The van der Waals surface area contributed by atoms with Gasteiger partial charge in [-0.25, -0.2) is 4.40 Å². The predicted octanol–water partition coefficient (Wildman–Crippen LogP) is 3.69. The van der Waals surface area contributed by atoms with Gasteiger partial charge in [-0.2, -0.15) is 0 Å². The molecule has 0 rings (SSSR count). The van der Waals surface area contributed by atoms with Crippen molar-refractivity contribution in [3.63, 3.8) is 0 Å². The molecule has 0 heterocycles. The molecule has 0 saturated carbocycles. The smallest absolute Gasteiger partial charge is 0.0989 e. The summed E-state index contributed by atoms with van der Waals surface area (Å²) in [5.41, 5.74) is 0.426. The van der Waals surface area contributed by atoms with Gasteiger partial charge in [-0.05, 0) is 36.6 Å². The van der Waals surface area contributed by atoms with Crippen LogP contribution in [0.4, 0.5) is 0 Å². The first-order chi connectivity index (χ1) is 6.89. The summed E-state index contributed by atoms with van der Waals surface area (Å²) in [6.45, 7) is 13.6. The van der Waals surface area contributed by atoms with Gasteiger partial charge < -0.3 is 4.90 Å².